The fourth-order valence-corrected chi connectivity index (χ4v) is 1.03. The number of ether oxygens (including phenoxy) is 1. The molecule has 0 bridgehead atoms. The molecule has 1 nitrogen and oxygen atoms in total. The molecule has 0 saturated carbocycles. The summed E-state index contributed by atoms with van der Waals surface area (Å²) >= 11 is 5.45. The van der Waals surface area contributed by atoms with Crippen LogP contribution in [0.3, 0.4) is 0 Å². The van der Waals surface area contributed by atoms with Gasteiger partial charge in [-0.3, -0.25) is 0 Å². The number of halogens is 1. The van der Waals surface area contributed by atoms with Crippen molar-refractivity contribution in [2.75, 3.05) is 12.5 Å². The van der Waals surface area contributed by atoms with Gasteiger partial charge in [0.05, 0.1) is 12.5 Å². The Bertz CT molecular complexity index is 322. The molecule has 0 aliphatic heterocycles. The Hall–Kier alpha value is -1.13. The van der Waals surface area contributed by atoms with Crippen molar-refractivity contribution in [3.8, 4) is 17.6 Å². The lowest BCUT2D eigenvalue weighted by molar-refractivity contribution is 0.340. The van der Waals surface area contributed by atoms with E-state index in [1.165, 1.54) is 0 Å². The SMILES string of the molecule is CCOc1cccc(C#CCCl)c1. The third kappa shape index (κ3) is 3.40. The zero-order chi connectivity index (χ0) is 9.52. The first-order valence-corrected chi connectivity index (χ1v) is 4.68. The van der Waals surface area contributed by atoms with Crippen molar-refractivity contribution < 1.29 is 4.74 Å². The number of benzene rings is 1. The molecule has 0 unspecified atom stereocenters. The van der Waals surface area contributed by atoms with Crippen LogP contribution >= 0.6 is 11.6 Å². The molecular weight excluding hydrogens is 184 g/mol. The lowest BCUT2D eigenvalue weighted by atomic mass is 10.2. The maximum absolute atomic E-state index is 5.45. The Morgan fingerprint density at radius 1 is 1.46 bits per heavy atom. The summed E-state index contributed by atoms with van der Waals surface area (Å²) in [4.78, 5) is 0. The van der Waals surface area contributed by atoms with Crippen LogP contribution in [0.2, 0.25) is 0 Å². The monoisotopic (exact) mass is 194 g/mol. The van der Waals surface area contributed by atoms with E-state index in [0.29, 0.717) is 12.5 Å². The summed E-state index contributed by atoms with van der Waals surface area (Å²) < 4.78 is 5.33. The van der Waals surface area contributed by atoms with Gasteiger partial charge in [0.15, 0.2) is 0 Å². The minimum Gasteiger partial charge on any atom is -0.494 e. The molecule has 0 spiro atoms. The fourth-order valence-electron chi connectivity index (χ4n) is 0.966. The fraction of sp³-hybridized carbons (Fsp3) is 0.273. The van der Waals surface area contributed by atoms with Crippen molar-refractivity contribution >= 4 is 11.6 Å². The van der Waals surface area contributed by atoms with Gasteiger partial charge in [-0.15, -0.1) is 11.6 Å². The average Bonchev–Trinajstić information content (AvgIpc) is 2.16. The third-order valence-corrected chi connectivity index (χ3v) is 1.58. The van der Waals surface area contributed by atoms with Gasteiger partial charge in [0.1, 0.15) is 5.75 Å². The molecule has 0 saturated heterocycles. The second-order valence-electron chi connectivity index (χ2n) is 2.40. The van der Waals surface area contributed by atoms with E-state index < -0.39 is 0 Å². The van der Waals surface area contributed by atoms with Gasteiger partial charge in [-0.2, -0.15) is 0 Å². The van der Waals surface area contributed by atoms with E-state index in [2.05, 4.69) is 11.8 Å². The second-order valence-corrected chi connectivity index (χ2v) is 2.66. The predicted molar refractivity (Wildman–Crippen MR) is 55.2 cm³/mol. The van der Waals surface area contributed by atoms with E-state index >= 15 is 0 Å². The summed E-state index contributed by atoms with van der Waals surface area (Å²) in [7, 11) is 0. The van der Waals surface area contributed by atoms with Crippen molar-refractivity contribution in [2.24, 2.45) is 0 Å². The Labute approximate surface area is 83.7 Å². The van der Waals surface area contributed by atoms with Gasteiger partial charge in [-0.25, -0.2) is 0 Å². The van der Waals surface area contributed by atoms with Crippen LogP contribution in [-0.4, -0.2) is 12.5 Å². The van der Waals surface area contributed by atoms with E-state index in [1.807, 2.05) is 31.2 Å². The van der Waals surface area contributed by atoms with Crippen LogP contribution in [-0.2, 0) is 0 Å². The quantitative estimate of drug-likeness (QED) is 0.520. The lowest BCUT2D eigenvalue weighted by Crippen LogP contribution is -1.91. The van der Waals surface area contributed by atoms with Gasteiger partial charge in [0.2, 0.25) is 0 Å². The standard InChI is InChI=1S/C11H11ClO/c1-2-13-11-7-3-5-10(9-11)6-4-8-12/h3,5,7,9H,2,8H2,1H3. The van der Waals surface area contributed by atoms with Crippen LogP contribution in [0.4, 0.5) is 0 Å². The minimum atomic E-state index is 0.360. The van der Waals surface area contributed by atoms with E-state index in [9.17, 15) is 0 Å². The minimum absolute atomic E-state index is 0.360. The second kappa shape index (κ2) is 5.50. The van der Waals surface area contributed by atoms with Crippen molar-refractivity contribution in [3.63, 3.8) is 0 Å². The Kier molecular flexibility index (Phi) is 4.21. The van der Waals surface area contributed by atoms with Gasteiger partial charge < -0.3 is 4.74 Å². The normalized spacial score (nSPS) is 8.77. The molecule has 13 heavy (non-hydrogen) atoms. The molecule has 0 aromatic heterocycles. The molecule has 1 aromatic rings. The van der Waals surface area contributed by atoms with Crippen LogP contribution in [0.1, 0.15) is 12.5 Å². The molecule has 0 aliphatic rings. The van der Waals surface area contributed by atoms with Crippen LogP contribution in [0.5, 0.6) is 5.75 Å². The Morgan fingerprint density at radius 2 is 2.31 bits per heavy atom. The predicted octanol–water partition coefficient (Wildman–Crippen LogP) is 2.68. The molecule has 68 valence electrons. The van der Waals surface area contributed by atoms with Crippen LogP contribution in [0.25, 0.3) is 0 Å². The number of hydrogen-bond acceptors (Lipinski definition) is 1. The summed E-state index contributed by atoms with van der Waals surface area (Å²) in [5.41, 5.74) is 0.937. The summed E-state index contributed by atoms with van der Waals surface area (Å²) in [5, 5.41) is 0. The molecule has 0 atom stereocenters. The number of rotatable bonds is 2. The van der Waals surface area contributed by atoms with Crippen molar-refractivity contribution in [1.82, 2.24) is 0 Å². The van der Waals surface area contributed by atoms with E-state index in [1.54, 1.807) is 0 Å². The first kappa shape index (κ1) is 9.95. The van der Waals surface area contributed by atoms with E-state index in [4.69, 9.17) is 16.3 Å². The van der Waals surface area contributed by atoms with Crippen molar-refractivity contribution in [1.29, 1.82) is 0 Å². The first-order valence-electron chi connectivity index (χ1n) is 4.14. The summed E-state index contributed by atoms with van der Waals surface area (Å²) in [5.74, 6) is 6.94. The van der Waals surface area contributed by atoms with Gasteiger partial charge in [-0.1, -0.05) is 17.9 Å². The highest BCUT2D eigenvalue weighted by Crippen LogP contribution is 2.11. The molecule has 2 heteroatoms. The molecule has 1 rings (SSSR count). The summed E-state index contributed by atoms with van der Waals surface area (Å²) in [6.45, 7) is 2.63. The van der Waals surface area contributed by atoms with Crippen LogP contribution in [0, 0.1) is 11.8 Å². The first-order chi connectivity index (χ1) is 6.36. The average molecular weight is 195 g/mol. The summed E-state index contributed by atoms with van der Waals surface area (Å²) in [6.07, 6.45) is 0. The highest BCUT2D eigenvalue weighted by Gasteiger charge is 1.91. The molecule has 0 radical (unpaired) electrons. The van der Waals surface area contributed by atoms with Gasteiger partial charge in [-0.05, 0) is 25.1 Å². The highest BCUT2D eigenvalue weighted by molar-refractivity contribution is 6.19. The zero-order valence-electron chi connectivity index (χ0n) is 7.51. The van der Waals surface area contributed by atoms with E-state index in [0.717, 1.165) is 11.3 Å². The van der Waals surface area contributed by atoms with Gasteiger partial charge in [0, 0.05) is 5.56 Å². The molecular formula is C11H11ClO. The molecule has 0 heterocycles. The summed E-state index contributed by atoms with van der Waals surface area (Å²) in [6, 6.07) is 7.67. The largest absolute Gasteiger partial charge is 0.494 e. The van der Waals surface area contributed by atoms with E-state index in [-0.39, 0.29) is 0 Å². The topological polar surface area (TPSA) is 9.23 Å². The zero-order valence-corrected chi connectivity index (χ0v) is 8.27. The van der Waals surface area contributed by atoms with Crippen molar-refractivity contribution in [2.45, 2.75) is 6.92 Å². The highest BCUT2D eigenvalue weighted by atomic mass is 35.5. The lowest BCUT2D eigenvalue weighted by Gasteiger charge is -2.01. The maximum Gasteiger partial charge on any atom is 0.120 e. The Balaban J connectivity index is 2.79. The number of hydrogen-bond donors (Lipinski definition) is 0. The molecule has 1 aromatic carbocycles. The maximum atomic E-state index is 5.45. The van der Waals surface area contributed by atoms with Gasteiger partial charge >= 0.3 is 0 Å². The molecule has 0 N–H and O–H groups in total. The molecule has 0 amide bonds. The Morgan fingerprint density at radius 3 is 3.00 bits per heavy atom. The molecule has 0 aliphatic carbocycles. The van der Waals surface area contributed by atoms with Crippen molar-refractivity contribution in [3.05, 3.63) is 29.8 Å². The van der Waals surface area contributed by atoms with Gasteiger partial charge in [0.25, 0.3) is 0 Å². The molecule has 0 fully saturated rings. The van der Waals surface area contributed by atoms with Crippen LogP contribution < -0.4 is 4.74 Å². The van der Waals surface area contributed by atoms with Crippen LogP contribution in [0.15, 0.2) is 24.3 Å². The smallest absolute Gasteiger partial charge is 0.120 e. The third-order valence-electron chi connectivity index (χ3n) is 1.44. The number of alkyl halides is 1.